The summed E-state index contributed by atoms with van der Waals surface area (Å²) in [4.78, 5) is 35.5. The summed E-state index contributed by atoms with van der Waals surface area (Å²) >= 11 is 1.17. The fourth-order valence-electron chi connectivity index (χ4n) is 2.61. The van der Waals surface area contributed by atoms with Gasteiger partial charge in [0.1, 0.15) is 0 Å². The number of rotatable bonds is 4. The molecule has 0 aliphatic carbocycles. The molecule has 1 aromatic heterocycles. The van der Waals surface area contributed by atoms with Crippen LogP contribution in [0.4, 0.5) is 17.3 Å². The summed E-state index contributed by atoms with van der Waals surface area (Å²) < 4.78 is 0. The number of anilines is 3. The molecule has 27 heavy (non-hydrogen) atoms. The van der Waals surface area contributed by atoms with Crippen molar-refractivity contribution in [3.05, 3.63) is 41.7 Å². The van der Waals surface area contributed by atoms with Gasteiger partial charge in [-0.25, -0.2) is 14.8 Å². The highest BCUT2D eigenvalue weighted by Crippen LogP contribution is 2.23. The van der Waals surface area contributed by atoms with Gasteiger partial charge in [0, 0.05) is 36.8 Å². The number of carbonyl (C=O) groups is 2. The average Bonchev–Trinajstić information content (AvgIpc) is 2.71. The van der Waals surface area contributed by atoms with Crippen LogP contribution in [0.5, 0.6) is 0 Å². The van der Waals surface area contributed by atoms with Crippen molar-refractivity contribution in [3.63, 3.8) is 0 Å². The Morgan fingerprint density at radius 1 is 1.26 bits per heavy atom. The number of nitrogens with one attached hydrogen (secondary N) is 2. The Bertz CT molecular complexity index is 900. The largest absolute Gasteiger partial charge is 0.476 e. The van der Waals surface area contributed by atoms with E-state index in [2.05, 4.69) is 25.6 Å². The van der Waals surface area contributed by atoms with Gasteiger partial charge >= 0.3 is 5.97 Å². The van der Waals surface area contributed by atoms with E-state index in [1.54, 1.807) is 18.3 Å². The maximum absolute atomic E-state index is 11.2. The fraction of sp³-hybridized carbons (Fsp3) is 0.278. The van der Waals surface area contributed by atoms with Gasteiger partial charge in [0.05, 0.1) is 5.69 Å². The lowest BCUT2D eigenvalue weighted by atomic mass is 10.1. The standard InChI is InChI=1S/C18H19N5O3S/c1-11(24)21-13-5-2-6-14(8-13)22-18-20-9-12-4-3-7-19-16(17(25)26)27-10-15(12)23-18/h2,5-6,8-9H,3-4,7,10H2,1H3,(H,21,24)(H,25,26)(H,20,22,23). The Morgan fingerprint density at radius 2 is 2.07 bits per heavy atom. The Morgan fingerprint density at radius 3 is 2.85 bits per heavy atom. The van der Waals surface area contributed by atoms with Crippen LogP contribution in [-0.4, -0.2) is 38.5 Å². The number of thioether (sulfide) groups is 1. The number of aliphatic carboxylic acids is 1. The Balaban J connectivity index is 1.79. The zero-order chi connectivity index (χ0) is 19.2. The predicted octanol–water partition coefficient (Wildman–Crippen LogP) is 2.84. The third-order valence-corrected chi connectivity index (χ3v) is 4.78. The van der Waals surface area contributed by atoms with Gasteiger partial charge in [-0.15, -0.1) is 0 Å². The number of carboxylic acid groups (broad SMARTS) is 1. The van der Waals surface area contributed by atoms with E-state index in [-0.39, 0.29) is 11.0 Å². The van der Waals surface area contributed by atoms with Gasteiger partial charge in [-0.1, -0.05) is 17.8 Å². The quantitative estimate of drug-likeness (QED) is 0.741. The molecule has 0 fully saturated rings. The van der Waals surface area contributed by atoms with E-state index in [0.717, 1.165) is 29.8 Å². The maximum atomic E-state index is 11.2. The normalized spacial score (nSPS) is 14.0. The zero-order valence-electron chi connectivity index (χ0n) is 14.7. The van der Waals surface area contributed by atoms with Crippen molar-refractivity contribution >= 4 is 46.0 Å². The van der Waals surface area contributed by atoms with Crippen molar-refractivity contribution in [1.29, 1.82) is 0 Å². The smallest absolute Gasteiger partial charge is 0.360 e. The monoisotopic (exact) mass is 385 g/mol. The highest BCUT2D eigenvalue weighted by Gasteiger charge is 2.16. The van der Waals surface area contributed by atoms with Crippen LogP contribution in [-0.2, 0) is 21.8 Å². The highest BCUT2D eigenvalue weighted by molar-refractivity contribution is 8.15. The minimum absolute atomic E-state index is 0.110. The van der Waals surface area contributed by atoms with E-state index < -0.39 is 5.97 Å². The molecule has 0 atom stereocenters. The van der Waals surface area contributed by atoms with E-state index in [9.17, 15) is 14.7 Å². The number of amides is 1. The third-order valence-electron chi connectivity index (χ3n) is 3.78. The van der Waals surface area contributed by atoms with Crippen molar-refractivity contribution in [2.45, 2.75) is 25.5 Å². The number of hydrogen-bond donors (Lipinski definition) is 3. The van der Waals surface area contributed by atoms with Crippen molar-refractivity contribution in [2.75, 3.05) is 17.2 Å². The van der Waals surface area contributed by atoms with Crippen molar-refractivity contribution < 1.29 is 14.7 Å². The summed E-state index contributed by atoms with van der Waals surface area (Å²) in [5.74, 6) is -0.314. The van der Waals surface area contributed by atoms with Crippen LogP contribution in [0, 0.1) is 0 Å². The van der Waals surface area contributed by atoms with E-state index in [1.165, 1.54) is 18.7 Å². The lowest BCUT2D eigenvalue weighted by Crippen LogP contribution is -2.10. The first-order valence-electron chi connectivity index (χ1n) is 8.41. The second kappa shape index (κ2) is 8.63. The van der Waals surface area contributed by atoms with Crippen LogP contribution >= 0.6 is 11.8 Å². The molecular formula is C18H19N5O3S. The number of aliphatic imine (C=N–C) groups is 1. The van der Waals surface area contributed by atoms with Gasteiger partial charge in [-0.3, -0.25) is 9.79 Å². The van der Waals surface area contributed by atoms with Crippen LogP contribution in [0.3, 0.4) is 0 Å². The summed E-state index contributed by atoms with van der Waals surface area (Å²) in [7, 11) is 0. The summed E-state index contributed by atoms with van der Waals surface area (Å²) in [5, 5.41) is 15.2. The number of benzene rings is 1. The summed E-state index contributed by atoms with van der Waals surface area (Å²) in [5.41, 5.74) is 3.21. The second-order valence-corrected chi connectivity index (χ2v) is 6.90. The SMILES string of the molecule is CC(=O)Nc1cccc(Nc2ncc3c(n2)CSC(C(=O)O)=NCCC3)c1. The van der Waals surface area contributed by atoms with Gasteiger partial charge in [-0.2, -0.15) is 0 Å². The molecule has 0 spiro atoms. The molecule has 0 saturated heterocycles. The van der Waals surface area contributed by atoms with Gasteiger partial charge in [0.2, 0.25) is 11.9 Å². The molecule has 8 nitrogen and oxygen atoms in total. The number of carbonyl (C=O) groups excluding carboxylic acids is 1. The van der Waals surface area contributed by atoms with Crippen LogP contribution < -0.4 is 10.6 Å². The maximum Gasteiger partial charge on any atom is 0.360 e. The first-order valence-corrected chi connectivity index (χ1v) is 9.40. The van der Waals surface area contributed by atoms with E-state index in [1.807, 2.05) is 12.1 Å². The van der Waals surface area contributed by atoms with E-state index in [4.69, 9.17) is 0 Å². The molecule has 1 amide bonds. The van der Waals surface area contributed by atoms with Crippen LogP contribution in [0.25, 0.3) is 0 Å². The average molecular weight is 385 g/mol. The van der Waals surface area contributed by atoms with Crippen molar-refractivity contribution in [3.8, 4) is 0 Å². The number of aryl methyl sites for hydroxylation is 1. The van der Waals surface area contributed by atoms with E-state index in [0.29, 0.717) is 23.9 Å². The molecule has 2 heterocycles. The Hall–Kier alpha value is -2.94. The highest BCUT2D eigenvalue weighted by atomic mass is 32.2. The van der Waals surface area contributed by atoms with Crippen molar-refractivity contribution in [1.82, 2.24) is 9.97 Å². The number of fused-ring (bicyclic) bond motifs is 1. The first kappa shape index (κ1) is 18.8. The Kier molecular flexibility index (Phi) is 6.02. The van der Waals surface area contributed by atoms with Crippen LogP contribution in [0.15, 0.2) is 35.5 Å². The number of aromatic nitrogens is 2. The van der Waals surface area contributed by atoms with Gasteiger partial charge in [0.15, 0.2) is 5.04 Å². The molecule has 1 aliphatic heterocycles. The van der Waals surface area contributed by atoms with E-state index >= 15 is 0 Å². The molecule has 0 bridgehead atoms. The minimum Gasteiger partial charge on any atom is -0.476 e. The molecule has 9 heteroatoms. The summed E-state index contributed by atoms with van der Waals surface area (Å²) in [6.45, 7) is 1.93. The zero-order valence-corrected chi connectivity index (χ0v) is 15.5. The summed E-state index contributed by atoms with van der Waals surface area (Å²) in [6.07, 6.45) is 3.28. The molecule has 0 saturated carbocycles. The van der Waals surface area contributed by atoms with Gasteiger partial charge in [0.25, 0.3) is 0 Å². The second-order valence-electron chi connectivity index (χ2n) is 5.94. The van der Waals surface area contributed by atoms with Crippen LogP contribution in [0.2, 0.25) is 0 Å². The first-order chi connectivity index (χ1) is 13.0. The van der Waals surface area contributed by atoms with Gasteiger partial charge in [-0.05, 0) is 36.6 Å². The molecule has 2 aromatic rings. The van der Waals surface area contributed by atoms with Crippen LogP contribution in [0.1, 0.15) is 24.6 Å². The van der Waals surface area contributed by atoms with Gasteiger partial charge < -0.3 is 15.7 Å². The molecule has 3 N–H and O–H groups in total. The predicted molar refractivity (Wildman–Crippen MR) is 106 cm³/mol. The van der Waals surface area contributed by atoms with Crippen molar-refractivity contribution in [2.24, 2.45) is 4.99 Å². The molecule has 3 rings (SSSR count). The lowest BCUT2D eigenvalue weighted by molar-refractivity contribution is -0.129. The summed E-state index contributed by atoms with van der Waals surface area (Å²) in [6, 6.07) is 7.24. The topological polar surface area (TPSA) is 117 Å². The lowest BCUT2D eigenvalue weighted by Gasteiger charge is -2.11. The molecular weight excluding hydrogens is 366 g/mol. The molecule has 0 radical (unpaired) electrons. The molecule has 0 unspecified atom stereocenters. The number of carboxylic acids is 1. The molecule has 1 aromatic carbocycles. The molecule has 1 aliphatic rings. The number of nitrogens with zero attached hydrogens (tertiary/aromatic N) is 3. The third kappa shape index (κ3) is 5.27. The minimum atomic E-state index is -1.01. The molecule has 140 valence electrons. The number of hydrogen-bond acceptors (Lipinski definition) is 7. The Labute approximate surface area is 160 Å². The fourth-order valence-corrected chi connectivity index (χ4v) is 3.43.